The lowest BCUT2D eigenvalue weighted by molar-refractivity contribution is -0.128. The molecule has 0 spiro atoms. The number of benzene rings is 1. The molecule has 0 atom stereocenters. The molecule has 0 heterocycles. The van der Waals surface area contributed by atoms with Gasteiger partial charge in [0.1, 0.15) is 5.54 Å². The van der Waals surface area contributed by atoms with Crippen molar-refractivity contribution in [1.29, 1.82) is 0 Å². The number of carbonyl (C=O) groups is 2. The molecular weight excluding hydrogens is 290 g/mol. The fourth-order valence-corrected chi connectivity index (χ4v) is 2.82. The fraction of sp³-hybridized carbons (Fsp3) is 0.500. The van der Waals surface area contributed by atoms with Gasteiger partial charge in [0.15, 0.2) is 11.6 Å². The van der Waals surface area contributed by atoms with Crippen molar-refractivity contribution in [3.63, 3.8) is 0 Å². The average Bonchev–Trinajstić information content (AvgIpc) is 2.51. The van der Waals surface area contributed by atoms with Crippen LogP contribution in [0.25, 0.3) is 0 Å². The van der Waals surface area contributed by atoms with E-state index in [2.05, 4.69) is 10.6 Å². The largest absolute Gasteiger partial charge is 0.354 e. The van der Waals surface area contributed by atoms with Crippen LogP contribution >= 0.6 is 0 Å². The van der Waals surface area contributed by atoms with Gasteiger partial charge >= 0.3 is 0 Å². The predicted molar refractivity (Wildman–Crippen MR) is 78.3 cm³/mol. The molecule has 4 nitrogen and oxygen atoms in total. The molecule has 1 aromatic rings. The second-order valence-electron chi connectivity index (χ2n) is 5.59. The molecule has 1 aliphatic rings. The zero-order valence-corrected chi connectivity index (χ0v) is 12.5. The Balaban J connectivity index is 2.20. The Bertz CT molecular complexity index is 569. The van der Waals surface area contributed by atoms with E-state index in [4.69, 9.17) is 0 Å². The molecule has 6 heteroatoms. The minimum absolute atomic E-state index is 0.00754. The number of halogens is 2. The van der Waals surface area contributed by atoms with Gasteiger partial charge < -0.3 is 10.6 Å². The zero-order valence-electron chi connectivity index (χ0n) is 12.5. The van der Waals surface area contributed by atoms with Gasteiger partial charge in [-0.05, 0) is 38.0 Å². The molecule has 0 saturated heterocycles. The monoisotopic (exact) mass is 310 g/mol. The Hall–Kier alpha value is -1.98. The van der Waals surface area contributed by atoms with E-state index in [1.807, 2.05) is 6.92 Å². The highest BCUT2D eigenvalue weighted by Gasteiger charge is 2.40. The second-order valence-corrected chi connectivity index (χ2v) is 5.59. The zero-order chi connectivity index (χ0) is 16.2. The summed E-state index contributed by atoms with van der Waals surface area (Å²) in [6.07, 6.45) is 3.80. The number of nitrogens with one attached hydrogen (secondary N) is 2. The minimum Gasteiger partial charge on any atom is -0.354 e. The van der Waals surface area contributed by atoms with Crippen LogP contribution in [0, 0.1) is 11.6 Å². The van der Waals surface area contributed by atoms with Gasteiger partial charge in [-0.1, -0.05) is 19.3 Å². The molecule has 120 valence electrons. The standard InChI is InChI=1S/C16H20F2N2O2/c1-2-19-15(22)16(8-4-3-5-9-16)20-14(21)11-6-7-12(17)13(18)10-11/h6-7,10H,2-5,8-9H2,1H3,(H,19,22)(H,20,21). The highest BCUT2D eigenvalue weighted by Crippen LogP contribution is 2.29. The van der Waals surface area contributed by atoms with E-state index in [1.54, 1.807) is 0 Å². The molecule has 0 radical (unpaired) electrons. The summed E-state index contributed by atoms with van der Waals surface area (Å²) in [5.41, 5.74) is -0.955. The Morgan fingerprint density at radius 3 is 2.41 bits per heavy atom. The van der Waals surface area contributed by atoms with Gasteiger partial charge in [0.2, 0.25) is 5.91 Å². The first-order valence-electron chi connectivity index (χ1n) is 7.54. The summed E-state index contributed by atoms with van der Waals surface area (Å²) in [6, 6.07) is 2.96. The van der Waals surface area contributed by atoms with Crippen LogP contribution in [0.4, 0.5) is 8.78 Å². The maximum Gasteiger partial charge on any atom is 0.252 e. The van der Waals surface area contributed by atoms with Gasteiger partial charge in [-0.15, -0.1) is 0 Å². The van der Waals surface area contributed by atoms with Crippen molar-refractivity contribution in [2.75, 3.05) is 6.54 Å². The third kappa shape index (κ3) is 3.43. The molecule has 1 fully saturated rings. The van der Waals surface area contributed by atoms with Crippen molar-refractivity contribution < 1.29 is 18.4 Å². The van der Waals surface area contributed by atoms with Crippen LogP contribution in [-0.4, -0.2) is 23.9 Å². The summed E-state index contributed by atoms with van der Waals surface area (Å²) in [5.74, 6) is -2.87. The molecule has 2 N–H and O–H groups in total. The Labute approximate surface area is 128 Å². The van der Waals surface area contributed by atoms with Crippen molar-refractivity contribution >= 4 is 11.8 Å². The van der Waals surface area contributed by atoms with E-state index in [1.165, 1.54) is 6.07 Å². The van der Waals surface area contributed by atoms with E-state index >= 15 is 0 Å². The van der Waals surface area contributed by atoms with Gasteiger partial charge in [0.05, 0.1) is 0 Å². The smallest absolute Gasteiger partial charge is 0.252 e. The Morgan fingerprint density at radius 1 is 1.14 bits per heavy atom. The fourth-order valence-electron chi connectivity index (χ4n) is 2.82. The minimum atomic E-state index is -1.08. The predicted octanol–water partition coefficient (Wildman–Crippen LogP) is 2.53. The first kappa shape index (κ1) is 16.4. The summed E-state index contributed by atoms with van der Waals surface area (Å²) in [7, 11) is 0. The van der Waals surface area contributed by atoms with Gasteiger partial charge in [0, 0.05) is 12.1 Å². The highest BCUT2D eigenvalue weighted by molar-refractivity contribution is 5.99. The molecule has 0 aromatic heterocycles. The lowest BCUT2D eigenvalue weighted by Gasteiger charge is -2.36. The van der Waals surface area contributed by atoms with E-state index in [0.717, 1.165) is 31.4 Å². The summed E-state index contributed by atoms with van der Waals surface area (Å²) < 4.78 is 26.2. The number of hydrogen-bond acceptors (Lipinski definition) is 2. The summed E-state index contributed by atoms with van der Waals surface area (Å²) in [5, 5.41) is 5.49. The summed E-state index contributed by atoms with van der Waals surface area (Å²) >= 11 is 0. The molecule has 1 aliphatic carbocycles. The number of amides is 2. The Kier molecular flexibility index (Phi) is 5.11. The van der Waals surface area contributed by atoms with Gasteiger partial charge in [0.25, 0.3) is 5.91 Å². The van der Waals surface area contributed by atoms with Crippen LogP contribution in [-0.2, 0) is 4.79 Å². The summed E-state index contributed by atoms with van der Waals surface area (Å²) in [4.78, 5) is 24.7. The quantitative estimate of drug-likeness (QED) is 0.898. The molecule has 1 aromatic carbocycles. The van der Waals surface area contributed by atoms with Crippen molar-refractivity contribution in [3.8, 4) is 0 Å². The van der Waals surface area contributed by atoms with E-state index < -0.39 is 23.1 Å². The van der Waals surface area contributed by atoms with Crippen LogP contribution < -0.4 is 10.6 Å². The number of rotatable bonds is 4. The van der Waals surface area contributed by atoms with Crippen LogP contribution in [0.3, 0.4) is 0 Å². The van der Waals surface area contributed by atoms with Gasteiger partial charge in [-0.2, -0.15) is 0 Å². The first-order chi connectivity index (χ1) is 10.5. The van der Waals surface area contributed by atoms with Crippen LogP contribution in [0.1, 0.15) is 49.4 Å². The number of carbonyl (C=O) groups excluding carboxylic acids is 2. The van der Waals surface area contributed by atoms with Crippen molar-refractivity contribution in [2.24, 2.45) is 0 Å². The van der Waals surface area contributed by atoms with Crippen molar-refractivity contribution in [1.82, 2.24) is 10.6 Å². The second kappa shape index (κ2) is 6.85. The molecular formula is C16H20F2N2O2. The highest BCUT2D eigenvalue weighted by atomic mass is 19.2. The molecule has 0 bridgehead atoms. The summed E-state index contributed by atoms with van der Waals surface area (Å²) in [6.45, 7) is 2.28. The van der Waals surface area contributed by atoms with Crippen LogP contribution in [0.5, 0.6) is 0 Å². The molecule has 2 rings (SSSR count). The third-order valence-electron chi connectivity index (χ3n) is 4.01. The maximum atomic E-state index is 13.3. The molecule has 22 heavy (non-hydrogen) atoms. The van der Waals surface area contributed by atoms with Gasteiger partial charge in [-0.3, -0.25) is 9.59 Å². The Morgan fingerprint density at radius 2 is 1.82 bits per heavy atom. The van der Waals surface area contributed by atoms with Gasteiger partial charge in [-0.25, -0.2) is 8.78 Å². The topological polar surface area (TPSA) is 58.2 Å². The first-order valence-corrected chi connectivity index (χ1v) is 7.54. The SMILES string of the molecule is CCNC(=O)C1(NC(=O)c2ccc(F)c(F)c2)CCCCC1. The lowest BCUT2D eigenvalue weighted by atomic mass is 9.80. The van der Waals surface area contributed by atoms with E-state index in [-0.39, 0.29) is 11.5 Å². The van der Waals surface area contributed by atoms with E-state index in [0.29, 0.717) is 19.4 Å². The molecule has 2 amide bonds. The third-order valence-corrected chi connectivity index (χ3v) is 4.01. The molecule has 0 unspecified atom stereocenters. The normalized spacial score (nSPS) is 16.9. The number of hydrogen-bond donors (Lipinski definition) is 2. The van der Waals surface area contributed by atoms with Crippen molar-refractivity contribution in [2.45, 2.75) is 44.6 Å². The van der Waals surface area contributed by atoms with E-state index in [9.17, 15) is 18.4 Å². The molecule has 1 saturated carbocycles. The van der Waals surface area contributed by atoms with Crippen LogP contribution in [0.2, 0.25) is 0 Å². The van der Waals surface area contributed by atoms with Crippen molar-refractivity contribution in [3.05, 3.63) is 35.4 Å². The number of likely N-dealkylation sites (N-methyl/N-ethyl adjacent to an activating group) is 1. The lowest BCUT2D eigenvalue weighted by Crippen LogP contribution is -2.59. The van der Waals surface area contributed by atoms with Crippen LogP contribution in [0.15, 0.2) is 18.2 Å². The molecule has 0 aliphatic heterocycles. The maximum absolute atomic E-state index is 13.3. The average molecular weight is 310 g/mol.